The zero-order valence-corrected chi connectivity index (χ0v) is 10.4. The number of aliphatic hydroxyl groups is 2. The van der Waals surface area contributed by atoms with E-state index in [1.54, 1.807) is 0 Å². The van der Waals surface area contributed by atoms with Crippen molar-refractivity contribution < 1.29 is 19.7 Å². The van der Waals surface area contributed by atoms with Gasteiger partial charge in [-0.05, 0) is 18.6 Å². The van der Waals surface area contributed by atoms with Crippen molar-refractivity contribution in [1.29, 1.82) is 0 Å². The maximum absolute atomic E-state index is 11.2. The normalized spacial score (nSPS) is 11.1. The quantitative estimate of drug-likeness (QED) is 0.605. The minimum atomic E-state index is -0.846. The summed E-state index contributed by atoms with van der Waals surface area (Å²) in [5.41, 5.74) is -0.750. The SMILES string of the molecule is CCC(CO)(CO)Nc1ccc(C(=O)OC)nn1. The predicted octanol–water partition coefficient (Wildman–Crippen LogP) is -0.192. The minimum Gasteiger partial charge on any atom is -0.464 e. The van der Waals surface area contributed by atoms with E-state index in [2.05, 4.69) is 20.3 Å². The van der Waals surface area contributed by atoms with Crippen LogP contribution in [0.4, 0.5) is 5.82 Å². The summed E-state index contributed by atoms with van der Waals surface area (Å²) in [6.45, 7) is 1.36. The fraction of sp³-hybridized carbons (Fsp3) is 0.545. The topological polar surface area (TPSA) is 105 Å². The summed E-state index contributed by atoms with van der Waals surface area (Å²) in [6, 6.07) is 2.99. The number of rotatable bonds is 6. The van der Waals surface area contributed by atoms with Crippen LogP contribution in [0.2, 0.25) is 0 Å². The monoisotopic (exact) mass is 255 g/mol. The molecular weight excluding hydrogens is 238 g/mol. The summed E-state index contributed by atoms with van der Waals surface area (Å²) in [5.74, 6) is -0.201. The van der Waals surface area contributed by atoms with Gasteiger partial charge in [-0.3, -0.25) is 0 Å². The summed E-state index contributed by atoms with van der Waals surface area (Å²) in [6.07, 6.45) is 0.514. The number of carbonyl (C=O) groups excluding carboxylic acids is 1. The Morgan fingerprint density at radius 1 is 1.39 bits per heavy atom. The highest BCUT2D eigenvalue weighted by Crippen LogP contribution is 2.16. The zero-order valence-electron chi connectivity index (χ0n) is 10.4. The first-order valence-corrected chi connectivity index (χ1v) is 5.52. The molecule has 0 saturated carbocycles. The van der Waals surface area contributed by atoms with E-state index in [-0.39, 0.29) is 18.9 Å². The maximum atomic E-state index is 11.2. The molecule has 0 fully saturated rings. The van der Waals surface area contributed by atoms with Gasteiger partial charge in [0.15, 0.2) is 5.69 Å². The summed E-state index contributed by atoms with van der Waals surface area (Å²) in [7, 11) is 1.26. The molecule has 0 spiro atoms. The van der Waals surface area contributed by atoms with Crippen LogP contribution in [0.5, 0.6) is 0 Å². The van der Waals surface area contributed by atoms with Crippen molar-refractivity contribution in [2.75, 3.05) is 25.6 Å². The van der Waals surface area contributed by atoms with E-state index < -0.39 is 11.5 Å². The van der Waals surface area contributed by atoms with Crippen molar-refractivity contribution in [2.45, 2.75) is 18.9 Å². The van der Waals surface area contributed by atoms with Crippen LogP contribution in [0.1, 0.15) is 23.8 Å². The molecule has 0 aliphatic rings. The molecular formula is C11H17N3O4. The molecule has 1 rings (SSSR count). The average Bonchev–Trinajstić information content (AvgIpc) is 2.45. The Labute approximate surface area is 105 Å². The molecule has 1 aromatic heterocycles. The van der Waals surface area contributed by atoms with Crippen LogP contribution in [0.3, 0.4) is 0 Å². The van der Waals surface area contributed by atoms with Crippen molar-refractivity contribution in [2.24, 2.45) is 0 Å². The second kappa shape index (κ2) is 6.27. The largest absolute Gasteiger partial charge is 0.464 e. The molecule has 0 aromatic carbocycles. The molecule has 0 radical (unpaired) electrons. The van der Waals surface area contributed by atoms with Crippen LogP contribution in [-0.4, -0.2) is 52.2 Å². The van der Waals surface area contributed by atoms with Gasteiger partial charge in [0.05, 0.1) is 25.9 Å². The van der Waals surface area contributed by atoms with E-state index in [0.29, 0.717) is 12.2 Å². The summed E-state index contributed by atoms with van der Waals surface area (Å²) in [4.78, 5) is 11.2. The third kappa shape index (κ3) is 3.14. The van der Waals surface area contributed by atoms with E-state index >= 15 is 0 Å². The number of nitrogens with zero attached hydrogens (tertiary/aromatic N) is 2. The van der Waals surface area contributed by atoms with Crippen molar-refractivity contribution >= 4 is 11.8 Å². The zero-order chi connectivity index (χ0) is 13.6. The van der Waals surface area contributed by atoms with Crippen LogP contribution in [0.25, 0.3) is 0 Å². The molecule has 7 nitrogen and oxygen atoms in total. The van der Waals surface area contributed by atoms with E-state index in [9.17, 15) is 15.0 Å². The van der Waals surface area contributed by atoms with E-state index in [4.69, 9.17) is 0 Å². The average molecular weight is 255 g/mol. The Bertz CT molecular complexity index is 382. The van der Waals surface area contributed by atoms with Gasteiger partial charge < -0.3 is 20.3 Å². The van der Waals surface area contributed by atoms with Crippen LogP contribution >= 0.6 is 0 Å². The number of esters is 1. The number of hydrogen-bond donors (Lipinski definition) is 3. The molecule has 7 heteroatoms. The second-order valence-corrected chi connectivity index (χ2v) is 3.87. The molecule has 18 heavy (non-hydrogen) atoms. The summed E-state index contributed by atoms with van der Waals surface area (Å²) >= 11 is 0. The van der Waals surface area contributed by atoms with Crippen LogP contribution in [0.15, 0.2) is 12.1 Å². The number of carbonyl (C=O) groups is 1. The second-order valence-electron chi connectivity index (χ2n) is 3.87. The minimum absolute atomic E-state index is 0.0955. The first kappa shape index (κ1) is 14.3. The van der Waals surface area contributed by atoms with Crippen molar-refractivity contribution in [3.05, 3.63) is 17.8 Å². The Morgan fingerprint density at radius 3 is 2.44 bits per heavy atom. The number of hydrogen-bond acceptors (Lipinski definition) is 7. The van der Waals surface area contributed by atoms with Crippen molar-refractivity contribution in [3.8, 4) is 0 Å². The number of aliphatic hydroxyl groups excluding tert-OH is 2. The number of methoxy groups -OCH3 is 1. The van der Waals surface area contributed by atoms with Gasteiger partial charge in [0.25, 0.3) is 0 Å². The molecule has 0 aliphatic heterocycles. The molecule has 3 N–H and O–H groups in total. The lowest BCUT2D eigenvalue weighted by Crippen LogP contribution is -2.45. The molecule has 100 valence electrons. The Kier molecular flexibility index (Phi) is 4.99. The Morgan fingerprint density at radius 2 is 2.06 bits per heavy atom. The van der Waals surface area contributed by atoms with Gasteiger partial charge >= 0.3 is 5.97 Å². The Hall–Kier alpha value is -1.73. The maximum Gasteiger partial charge on any atom is 0.358 e. The lowest BCUT2D eigenvalue weighted by atomic mass is 9.98. The van der Waals surface area contributed by atoms with Crippen LogP contribution in [-0.2, 0) is 4.74 Å². The first-order chi connectivity index (χ1) is 8.60. The van der Waals surface area contributed by atoms with Gasteiger partial charge in [-0.2, -0.15) is 0 Å². The van der Waals surface area contributed by atoms with Crippen LogP contribution < -0.4 is 5.32 Å². The fourth-order valence-corrected chi connectivity index (χ4v) is 1.33. The number of aromatic nitrogens is 2. The number of anilines is 1. The van der Waals surface area contributed by atoms with Crippen molar-refractivity contribution in [3.63, 3.8) is 0 Å². The standard InChI is InChI=1S/C11H17N3O4/c1-3-11(6-15,7-16)12-9-5-4-8(13-14-9)10(17)18-2/h4-5,15-16H,3,6-7H2,1-2H3,(H,12,14). The smallest absolute Gasteiger partial charge is 0.358 e. The van der Waals surface area contributed by atoms with Gasteiger partial charge in [0.1, 0.15) is 5.82 Å². The van der Waals surface area contributed by atoms with E-state index in [1.165, 1.54) is 19.2 Å². The molecule has 0 bridgehead atoms. The highest BCUT2D eigenvalue weighted by atomic mass is 16.5. The van der Waals surface area contributed by atoms with Gasteiger partial charge in [0.2, 0.25) is 0 Å². The fourth-order valence-electron chi connectivity index (χ4n) is 1.33. The predicted molar refractivity (Wildman–Crippen MR) is 64.2 cm³/mol. The molecule has 0 unspecified atom stereocenters. The van der Waals surface area contributed by atoms with Gasteiger partial charge in [-0.1, -0.05) is 6.92 Å². The van der Waals surface area contributed by atoms with Crippen molar-refractivity contribution in [1.82, 2.24) is 10.2 Å². The van der Waals surface area contributed by atoms with Gasteiger partial charge in [0, 0.05) is 0 Å². The first-order valence-electron chi connectivity index (χ1n) is 5.52. The number of ether oxygens (including phenoxy) is 1. The van der Waals surface area contributed by atoms with Gasteiger partial charge in [-0.25, -0.2) is 4.79 Å². The van der Waals surface area contributed by atoms with E-state index in [0.717, 1.165) is 0 Å². The Balaban J connectivity index is 2.83. The highest BCUT2D eigenvalue weighted by Gasteiger charge is 2.26. The molecule has 0 amide bonds. The molecule has 0 saturated heterocycles. The molecule has 0 atom stereocenters. The van der Waals surface area contributed by atoms with Crippen LogP contribution in [0, 0.1) is 0 Å². The lowest BCUT2D eigenvalue weighted by Gasteiger charge is -2.29. The van der Waals surface area contributed by atoms with Gasteiger partial charge in [-0.15, -0.1) is 10.2 Å². The summed E-state index contributed by atoms with van der Waals surface area (Å²) < 4.78 is 4.50. The number of nitrogens with one attached hydrogen (secondary N) is 1. The summed E-state index contributed by atoms with van der Waals surface area (Å²) in [5, 5.41) is 28.9. The molecule has 1 aromatic rings. The third-order valence-corrected chi connectivity index (χ3v) is 2.73. The van der Waals surface area contributed by atoms with E-state index in [1.807, 2.05) is 6.92 Å². The lowest BCUT2D eigenvalue weighted by molar-refractivity contribution is 0.0592. The molecule has 1 heterocycles. The third-order valence-electron chi connectivity index (χ3n) is 2.73. The molecule has 0 aliphatic carbocycles. The highest BCUT2D eigenvalue weighted by molar-refractivity contribution is 5.86.